The minimum absolute atomic E-state index is 0.0873. The molecular weight excluding hydrogens is 242 g/mol. The number of unbranched alkanes of at least 4 members (excludes halogenated alkanes) is 1. The van der Waals surface area contributed by atoms with Crippen LogP contribution < -0.4 is 5.32 Å². The first kappa shape index (κ1) is 16.0. The molecule has 0 aromatic heterocycles. The monoisotopic (exact) mass is 269 g/mol. The molecule has 1 rings (SSSR count). The Morgan fingerprint density at radius 3 is 2.32 bits per heavy atom. The smallest absolute Gasteiger partial charge is 0.303 e. The maximum atomic E-state index is 11.7. The summed E-state index contributed by atoms with van der Waals surface area (Å²) in [4.78, 5) is 22.0. The van der Waals surface area contributed by atoms with Gasteiger partial charge in [0.15, 0.2) is 0 Å². The van der Waals surface area contributed by atoms with Gasteiger partial charge in [-0.25, -0.2) is 0 Å². The SMILES string of the molecule is CCCC1CCC(NC(=O)CCCCC(=O)O)CC1. The number of carbonyl (C=O) groups is 2. The molecule has 1 amide bonds. The predicted octanol–water partition coefficient (Wildman–Crippen LogP) is 3.11. The van der Waals surface area contributed by atoms with Crippen molar-refractivity contribution in [2.75, 3.05) is 0 Å². The van der Waals surface area contributed by atoms with Crippen LogP contribution in [0.3, 0.4) is 0 Å². The first-order valence-electron chi connectivity index (χ1n) is 7.63. The molecule has 0 aliphatic heterocycles. The molecule has 0 bridgehead atoms. The molecule has 0 radical (unpaired) electrons. The minimum Gasteiger partial charge on any atom is -0.481 e. The number of carboxylic acids is 1. The van der Waals surface area contributed by atoms with Crippen molar-refractivity contribution in [3.05, 3.63) is 0 Å². The van der Waals surface area contributed by atoms with E-state index in [0.29, 0.717) is 25.3 Å². The quantitative estimate of drug-likeness (QED) is 0.665. The van der Waals surface area contributed by atoms with E-state index in [2.05, 4.69) is 12.2 Å². The molecule has 4 heteroatoms. The van der Waals surface area contributed by atoms with Gasteiger partial charge < -0.3 is 10.4 Å². The summed E-state index contributed by atoms with van der Waals surface area (Å²) in [5.74, 6) is 0.160. The molecule has 1 saturated carbocycles. The molecule has 0 unspecified atom stereocenters. The van der Waals surface area contributed by atoms with Crippen LogP contribution in [-0.2, 0) is 9.59 Å². The zero-order valence-corrected chi connectivity index (χ0v) is 12.0. The highest BCUT2D eigenvalue weighted by Crippen LogP contribution is 2.27. The van der Waals surface area contributed by atoms with Crippen LogP contribution in [0.5, 0.6) is 0 Å². The van der Waals surface area contributed by atoms with Gasteiger partial charge in [-0.1, -0.05) is 19.8 Å². The fraction of sp³-hybridized carbons (Fsp3) is 0.867. The van der Waals surface area contributed by atoms with Crippen LogP contribution in [-0.4, -0.2) is 23.0 Å². The summed E-state index contributed by atoms with van der Waals surface area (Å²) in [6.45, 7) is 2.23. The predicted molar refractivity (Wildman–Crippen MR) is 74.9 cm³/mol. The lowest BCUT2D eigenvalue weighted by Crippen LogP contribution is -2.37. The molecule has 1 aliphatic carbocycles. The van der Waals surface area contributed by atoms with Gasteiger partial charge in [-0.3, -0.25) is 9.59 Å². The Morgan fingerprint density at radius 1 is 1.11 bits per heavy atom. The summed E-state index contributed by atoms with van der Waals surface area (Å²) in [6.07, 6.45) is 9.13. The molecule has 0 saturated heterocycles. The van der Waals surface area contributed by atoms with E-state index >= 15 is 0 Å². The Kier molecular flexibility index (Phi) is 7.53. The van der Waals surface area contributed by atoms with Crippen molar-refractivity contribution >= 4 is 11.9 Å². The summed E-state index contributed by atoms with van der Waals surface area (Å²) < 4.78 is 0. The molecule has 1 fully saturated rings. The fourth-order valence-electron chi connectivity index (χ4n) is 2.87. The van der Waals surface area contributed by atoms with Crippen molar-refractivity contribution in [2.45, 2.75) is 77.2 Å². The van der Waals surface area contributed by atoms with Crippen LogP contribution in [0.2, 0.25) is 0 Å². The van der Waals surface area contributed by atoms with Crippen LogP contribution >= 0.6 is 0 Å². The topological polar surface area (TPSA) is 66.4 Å². The van der Waals surface area contributed by atoms with Gasteiger partial charge in [0.2, 0.25) is 5.91 Å². The van der Waals surface area contributed by atoms with E-state index in [9.17, 15) is 9.59 Å². The first-order chi connectivity index (χ1) is 9.11. The molecule has 0 heterocycles. The zero-order valence-electron chi connectivity index (χ0n) is 12.0. The van der Waals surface area contributed by atoms with Crippen molar-refractivity contribution in [1.29, 1.82) is 0 Å². The van der Waals surface area contributed by atoms with Gasteiger partial charge in [-0.2, -0.15) is 0 Å². The van der Waals surface area contributed by atoms with E-state index in [-0.39, 0.29) is 12.3 Å². The average Bonchev–Trinajstić information content (AvgIpc) is 2.37. The second kappa shape index (κ2) is 8.94. The normalized spacial score (nSPS) is 23.0. The molecule has 0 spiro atoms. The van der Waals surface area contributed by atoms with Gasteiger partial charge >= 0.3 is 5.97 Å². The number of hydrogen-bond acceptors (Lipinski definition) is 2. The lowest BCUT2D eigenvalue weighted by molar-refractivity contribution is -0.137. The van der Waals surface area contributed by atoms with Gasteiger partial charge in [0.05, 0.1) is 0 Å². The van der Waals surface area contributed by atoms with Gasteiger partial charge in [-0.05, 0) is 44.4 Å². The van der Waals surface area contributed by atoms with Crippen molar-refractivity contribution in [2.24, 2.45) is 5.92 Å². The lowest BCUT2D eigenvalue weighted by Gasteiger charge is -2.29. The largest absolute Gasteiger partial charge is 0.481 e. The van der Waals surface area contributed by atoms with E-state index in [4.69, 9.17) is 5.11 Å². The average molecular weight is 269 g/mol. The van der Waals surface area contributed by atoms with Gasteiger partial charge in [-0.15, -0.1) is 0 Å². The van der Waals surface area contributed by atoms with E-state index in [1.807, 2.05) is 0 Å². The van der Waals surface area contributed by atoms with Crippen molar-refractivity contribution < 1.29 is 14.7 Å². The summed E-state index contributed by atoms with van der Waals surface area (Å²) in [6, 6.07) is 0.347. The molecule has 4 nitrogen and oxygen atoms in total. The second-order valence-electron chi connectivity index (χ2n) is 5.67. The molecule has 0 aromatic carbocycles. The number of aliphatic carboxylic acids is 1. The van der Waals surface area contributed by atoms with E-state index < -0.39 is 5.97 Å². The summed E-state index contributed by atoms with van der Waals surface area (Å²) in [5, 5.41) is 11.6. The molecule has 0 aromatic rings. The van der Waals surface area contributed by atoms with E-state index in [1.165, 1.54) is 25.7 Å². The maximum absolute atomic E-state index is 11.7. The maximum Gasteiger partial charge on any atom is 0.303 e. The number of carboxylic acid groups (broad SMARTS) is 1. The Morgan fingerprint density at radius 2 is 1.74 bits per heavy atom. The second-order valence-corrected chi connectivity index (χ2v) is 5.67. The third-order valence-corrected chi connectivity index (χ3v) is 3.95. The van der Waals surface area contributed by atoms with Gasteiger partial charge in [0.1, 0.15) is 0 Å². The molecule has 0 atom stereocenters. The van der Waals surface area contributed by atoms with Crippen molar-refractivity contribution in [3.8, 4) is 0 Å². The van der Waals surface area contributed by atoms with Crippen LogP contribution in [0.4, 0.5) is 0 Å². The first-order valence-corrected chi connectivity index (χ1v) is 7.63. The van der Waals surface area contributed by atoms with Crippen LogP contribution in [0.1, 0.15) is 71.1 Å². The Labute approximate surface area is 116 Å². The minimum atomic E-state index is -0.783. The number of nitrogens with one attached hydrogen (secondary N) is 1. The van der Waals surface area contributed by atoms with Crippen molar-refractivity contribution in [3.63, 3.8) is 0 Å². The third kappa shape index (κ3) is 7.19. The number of hydrogen-bond donors (Lipinski definition) is 2. The fourth-order valence-corrected chi connectivity index (χ4v) is 2.87. The van der Waals surface area contributed by atoms with Crippen LogP contribution in [0.15, 0.2) is 0 Å². The molecule has 19 heavy (non-hydrogen) atoms. The summed E-state index contributed by atoms with van der Waals surface area (Å²) >= 11 is 0. The highest BCUT2D eigenvalue weighted by Gasteiger charge is 2.21. The van der Waals surface area contributed by atoms with Gasteiger partial charge in [0.25, 0.3) is 0 Å². The Bertz CT molecular complexity index is 283. The summed E-state index contributed by atoms with van der Waals surface area (Å²) in [5.41, 5.74) is 0. The Hall–Kier alpha value is -1.06. The molecule has 1 aliphatic rings. The lowest BCUT2D eigenvalue weighted by atomic mass is 9.83. The standard InChI is InChI=1S/C15H27NO3/c1-2-5-12-8-10-13(11-9-12)16-14(17)6-3-4-7-15(18)19/h12-13H,2-11H2,1H3,(H,16,17)(H,18,19). The third-order valence-electron chi connectivity index (χ3n) is 3.95. The Balaban J connectivity index is 2.08. The van der Waals surface area contributed by atoms with E-state index in [1.54, 1.807) is 0 Å². The van der Waals surface area contributed by atoms with Crippen LogP contribution in [0, 0.1) is 5.92 Å². The molecular formula is C15H27NO3. The number of rotatable bonds is 8. The highest BCUT2D eigenvalue weighted by molar-refractivity contribution is 5.76. The van der Waals surface area contributed by atoms with Gasteiger partial charge in [0, 0.05) is 18.9 Å². The number of carbonyl (C=O) groups excluding carboxylic acids is 1. The molecule has 2 N–H and O–H groups in total. The van der Waals surface area contributed by atoms with E-state index in [0.717, 1.165) is 18.8 Å². The van der Waals surface area contributed by atoms with Crippen LogP contribution in [0.25, 0.3) is 0 Å². The summed E-state index contributed by atoms with van der Waals surface area (Å²) in [7, 11) is 0. The van der Waals surface area contributed by atoms with Crippen molar-refractivity contribution in [1.82, 2.24) is 5.32 Å². The highest BCUT2D eigenvalue weighted by atomic mass is 16.4. The molecule has 110 valence electrons. The zero-order chi connectivity index (χ0) is 14.1. The number of amides is 1.